The highest BCUT2D eigenvalue weighted by Gasteiger charge is 2.28. The Morgan fingerprint density at radius 3 is 2.64 bits per heavy atom. The number of carbonyl (C=O) groups excluding carboxylic acids is 2. The molecule has 1 aromatic heterocycles. The molecule has 6 heteroatoms. The van der Waals surface area contributed by atoms with Crippen LogP contribution in [0, 0.1) is 5.92 Å². The number of likely N-dealkylation sites (tertiary alicyclic amines) is 1. The zero-order valence-electron chi connectivity index (χ0n) is 14.3. The molecule has 1 aliphatic heterocycles. The molecule has 6 nitrogen and oxygen atoms in total. The molecule has 0 aliphatic carbocycles. The lowest BCUT2D eigenvalue weighted by Gasteiger charge is -2.30. The quantitative estimate of drug-likeness (QED) is 0.781. The van der Waals surface area contributed by atoms with Crippen LogP contribution in [-0.2, 0) is 20.7 Å². The summed E-state index contributed by atoms with van der Waals surface area (Å²) in [7, 11) is 0. The van der Waals surface area contributed by atoms with Gasteiger partial charge in [0.05, 0.1) is 24.6 Å². The first kappa shape index (κ1) is 17.2. The molecule has 0 unspecified atom stereocenters. The van der Waals surface area contributed by atoms with Gasteiger partial charge in [-0.05, 0) is 31.9 Å². The van der Waals surface area contributed by atoms with Gasteiger partial charge in [0, 0.05) is 18.7 Å². The molecule has 3 rings (SSSR count). The summed E-state index contributed by atoms with van der Waals surface area (Å²) in [5.74, 6) is 0.277. The lowest BCUT2D eigenvalue weighted by molar-refractivity contribution is -0.151. The van der Waals surface area contributed by atoms with E-state index in [9.17, 15) is 9.59 Å². The van der Waals surface area contributed by atoms with Gasteiger partial charge in [-0.2, -0.15) is 0 Å². The van der Waals surface area contributed by atoms with Crippen molar-refractivity contribution in [3.05, 3.63) is 42.3 Å². The molecule has 0 N–H and O–H groups in total. The van der Waals surface area contributed by atoms with Crippen molar-refractivity contribution < 1.29 is 18.7 Å². The van der Waals surface area contributed by atoms with Crippen LogP contribution in [0.25, 0.3) is 11.5 Å². The zero-order chi connectivity index (χ0) is 17.6. The Hall–Kier alpha value is -2.63. The maximum atomic E-state index is 12.4. The van der Waals surface area contributed by atoms with E-state index < -0.39 is 0 Å². The van der Waals surface area contributed by atoms with E-state index in [1.54, 1.807) is 11.8 Å². The van der Waals surface area contributed by atoms with Gasteiger partial charge in [0.25, 0.3) is 0 Å². The van der Waals surface area contributed by atoms with Gasteiger partial charge in [0.15, 0.2) is 0 Å². The molecule has 0 saturated carbocycles. The van der Waals surface area contributed by atoms with E-state index >= 15 is 0 Å². The molecule has 0 spiro atoms. The molecule has 25 heavy (non-hydrogen) atoms. The average Bonchev–Trinajstić information content (AvgIpc) is 3.11. The molecule has 1 fully saturated rings. The summed E-state index contributed by atoms with van der Waals surface area (Å²) < 4.78 is 10.5. The van der Waals surface area contributed by atoms with E-state index in [4.69, 9.17) is 9.15 Å². The SMILES string of the molecule is CCOC(=O)C1CCN(C(=O)Cc2coc(-c3ccccc3)n2)CC1. The van der Waals surface area contributed by atoms with Crippen LogP contribution in [-0.4, -0.2) is 41.5 Å². The number of hydrogen-bond acceptors (Lipinski definition) is 5. The van der Waals surface area contributed by atoms with Crippen molar-refractivity contribution in [3.63, 3.8) is 0 Å². The largest absolute Gasteiger partial charge is 0.466 e. The van der Waals surface area contributed by atoms with Gasteiger partial charge in [-0.3, -0.25) is 9.59 Å². The number of esters is 1. The van der Waals surface area contributed by atoms with Crippen LogP contribution in [0.15, 0.2) is 41.0 Å². The maximum Gasteiger partial charge on any atom is 0.309 e. The standard InChI is InChI=1S/C19H22N2O4/c1-2-24-19(23)15-8-10-21(11-9-15)17(22)12-16-13-25-18(20-16)14-6-4-3-5-7-14/h3-7,13,15H,2,8-12H2,1H3. The van der Waals surface area contributed by atoms with Crippen LogP contribution in [0.3, 0.4) is 0 Å². The Kier molecular flexibility index (Phi) is 5.48. The van der Waals surface area contributed by atoms with E-state index in [0.29, 0.717) is 44.1 Å². The molecule has 1 aromatic carbocycles. The molecule has 1 saturated heterocycles. The zero-order valence-corrected chi connectivity index (χ0v) is 14.3. The fraction of sp³-hybridized carbons (Fsp3) is 0.421. The number of benzene rings is 1. The number of hydrogen-bond donors (Lipinski definition) is 0. The molecule has 132 valence electrons. The number of aromatic nitrogens is 1. The van der Waals surface area contributed by atoms with Gasteiger partial charge in [-0.1, -0.05) is 18.2 Å². The maximum absolute atomic E-state index is 12.4. The van der Waals surface area contributed by atoms with Gasteiger partial charge >= 0.3 is 5.97 Å². The van der Waals surface area contributed by atoms with Crippen molar-refractivity contribution in [2.24, 2.45) is 5.92 Å². The fourth-order valence-electron chi connectivity index (χ4n) is 2.99. The molecule has 2 aromatic rings. The minimum absolute atomic E-state index is 0.00946. The highest BCUT2D eigenvalue weighted by atomic mass is 16.5. The van der Waals surface area contributed by atoms with Crippen molar-refractivity contribution in [2.45, 2.75) is 26.2 Å². The third-order valence-electron chi connectivity index (χ3n) is 4.37. The van der Waals surface area contributed by atoms with Gasteiger partial charge < -0.3 is 14.1 Å². The summed E-state index contributed by atoms with van der Waals surface area (Å²) in [6, 6.07) is 9.59. The van der Waals surface area contributed by atoms with Crippen molar-refractivity contribution in [1.82, 2.24) is 9.88 Å². The first-order valence-corrected chi connectivity index (χ1v) is 8.61. The monoisotopic (exact) mass is 342 g/mol. The second kappa shape index (κ2) is 7.96. The van der Waals surface area contributed by atoms with Crippen molar-refractivity contribution in [2.75, 3.05) is 19.7 Å². The number of oxazole rings is 1. The molecule has 2 heterocycles. The van der Waals surface area contributed by atoms with Crippen LogP contribution in [0.2, 0.25) is 0 Å². The number of carbonyl (C=O) groups is 2. The second-order valence-corrected chi connectivity index (χ2v) is 6.09. The third-order valence-corrected chi connectivity index (χ3v) is 4.37. The summed E-state index contributed by atoms with van der Waals surface area (Å²) in [4.78, 5) is 30.4. The van der Waals surface area contributed by atoms with E-state index in [-0.39, 0.29) is 24.2 Å². The van der Waals surface area contributed by atoms with Gasteiger partial charge in [-0.25, -0.2) is 4.98 Å². The number of rotatable bonds is 5. The van der Waals surface area contributed by atoms with Crippen LogP contribution >= 0.6 is 0 Å². The van der Waals surface area contributed by atoms with E-state index in [2.05, 4.69) is 4.98 Å². The normalized spacial score (nSPS) is 15.2. The van der Waals surface area contributed by atoms with Crippen LogP contribution < -0.4 is 0 Å². The molecular weight excluding hydrogens is 320 g/mol. The molecule has 0 bridgehead atoms. The summed E-state index contributed by atoms with van der Waals surface area (Å²) in [6.07, 6.45) is 3.04. The molecule has 0 atom stereocenters. The second-order valence-electron chi connectivity index (χ2n) is 6.09. The Labute approximate surface area is 146 Å². The first-order chi connectivity index (χ1) is 12.2. The molecule has 1 aliphatic rings. The summed E-state index contributed by atoms with van der Waals surface area (Å²) >= 11 is 0. The van der Waals surface area contributed by atoms with Crippen LogP contribution in [0.4, 0.5) is 0 Å². The molecule has 0 radical (unpaired) electrons. The van der Waals surface area contributed by atoms with Gasteiger partial charge in [0.1, 0.15) is 6.26 Å². The summed E-state index contributed by atoms with van der Waals surface area (Å²) in [5, 5.41) is 0. The Balaban J connectivity index is 1.54. The summed E-state index contributed by atoms with van der Waals surface area (Å²) in [5.41, 5.74) is 1.51. The number of piperidine rings is 1. The van der Waals surface area contributed by atoms with Crippen molar-refractivity contribution in [1.29, 1.82) is 0 Å². The van der Waals surface area contributed by atoms with E-state index in [1.807, 2.05) is 30.3 Å². The van der Waals surface area contributed by atoms with Crippen molar-refractivity contribution >= 4 is 11.9 Å². The van der Waals surface area contributed by atoms with E-state index in [0.717, 1.165) is 5.56 Å². The lowest BCUT2D eigenvalue weighted by Crippen LogP contribution is -2.41. The number of amides is 1. The number of ether oxygens (including phenoxy) is 1. The van der Waals surface area contributed by atoms with Crippen LogP contribution in [0.1, 0.15) is 25.5 Å². The fourth-order valence-corrected chi connectivity index (χ4v) is 2.99. The molecule has 1 amide bonds. The van der Waals surface area contributed by atoms with Crippen LogP contribution in [0.5, 0.6) is 0 Å². The highest BCUT2D eigenvalue weighted by Crippen LogP contribution is 2.21. The third kappa shape index (κ3) is 4.26. The predicted molar refractivity (Wildman–Crippen MR) is 91.6 cm³/mol. The minimum Gasteiger partial charge on any atom is -0.466 e. The Morgan fingerprint density at radius 1 is 1.24 bits per heavy atom. The average molecular weight is 342 g/mol. The highest BCUT2D eigenvalue weighted by molar-refractivity contribution is 5.79. The summed E-state index contributed by atoms with van der Waals surface area (Å²) in [6.45, 7) is 3.35. The van der Waals surface area contributed by atoms with Crippen molar-refractivity contribution in [3.8, 4) is 11.5 Å². The first-order valence-electron chi connectivity index (χ1n) is 8.61. The topological polar surface area (TPSA) is 72.6 Å². The Bertz CT molecular complexity index is 718. The molecular formula is C19H22N2O4. The predicted octanol–water partition coefficient (Wildman–Crippen LogP) is 2.69. The van der Waals surface area contributed by atoms with Gasteiger partial charge in [0.2, 0.25) is 11.8 Å². The lowest BCUT2D eigenvalue weighted by atomic mass is 9.97. The van der Waals surface area contributed by atoms with E-state index in [1.165, 1.54) is 6.26 Å². The smallest absolute Gasteiger partial charge is 0.309 e. The number of nitrogens with zero attached hydrogens (tertiary/aromatic N) is 2. The minimum atomic E-state index is -0.154. The Morgan fingerprint density at radius 2 is 1.96 bits per heavy atom. The van der Waals surface area contributed by atoms with Gasteiger partial charge in [-0.15, -0.1) is 0 Å².